The standard InChI is InChI=1S/C27H19ClF3N3O2/c28-22-14-17(11-12-23(22)32-25(35)20-8-2-3-9-21(20)27(29,30)31)26(36)34-16-19-7-5-13-33(19)15-18-6-1-4-10-24(18)34/h1-14H,15-16H2,(H,32,35). The van der Waals surface area contributed by atoms with Crippen LogP contribution in [-0.2, 0) is 19.3 Å². The molecule has 0 unspecified atom stereocenters. The molecule has 1 aliphatic rings. The van der Waals surface area contributed by atoms with Gasteiger partial charge in [0.2, 0.25) is 0 Å². The zero-order valence-electron chi connectivity index (χ0n) is 18.7. The molecular weight excluding hydrogens is 491 g/mol. The molecule has 2 amide bonds. The lowest BCUT2D eigenvalue weighted by Crippen LogP contribution is -2.30. The number of carbonyl (C=O) groups is 2. The molecule has 0 aliphatic carbocycles. The Morgan fingerprint density at radius 1 is 0.889 bits per heavy atom. The average molecular weight is 510 g/mol. The van der Waals surface area contributed by atoms with Crippen molar-refractivity contribution in [3.63, 3.8) is 0 Å². The fourth-order valence-electron chi connectivity index (χ4n) is 4.29. The van der Waals surface area contributed by atoms with E-state index in [9.17, 15) is 22.8 Å². The van der Waals surface area contributed by atoms with Crippen molar-refractivity contribution in [3.8, 4) is 0 Å². The number of amides is 2. The maximum Gasteiger partial charge on any atom is 0.417 e. The number of halogens is 4. The summed E-state index contributed by atoms with van der Waals surface area (Å²) in [4.78, 5) is 27.8. The van der Waals surface area contributed by atoms with Crippen LogP contribution in [0.1, 0.15) is 37.5 Å². The predicted molar refractivity (Wildman–Crippen MR) is 131 cm³/mol. The second kappa shape index (κ2) is 9.20. The Kier molecular flexibility index (Phi) is 6.05. The first-order chi connectivity index (χ1) is 17.2. The molecule has 0 fully saturated rings. The first kappa shape index (κ1) is 23.7. The molecule has 0 saturated carbocycles. The van der Waals surface area contributed by atoms with E-state index in [0.717, 1.165) is 29.1 Å². The maximum absolute atomic E-state index is 13.6. The zero-order chi connectivity index (χ0) is 25.4. The van der Waals surface area contributed by atoms with Gasteiger partial charge in [-0.05, 0) is 54.1 Å². The summed E-state index contributed by atoms with van der Waals surface area (Å²) in [6, 6.07) is 20.3. The van der Waals surface area contributed by atoms with Crippen LogP contribution in [0.25, 0.3) is 0 Å². The topological polar surface area (TPSA) is 54.3 Å². The second-order valence-corrected chi connectivity index (χ2v) is 8.75. The number of fused-ring (bicyclic) bond motifs is 2. The summed E-state index contributed by atoms with van der Waals surface area (Å²) >= 11 is 6.36. The number of aromatic nitrogens is 1. The van der Waals surface area contributed by atoms with Gasteiger partial charge in [-0.3, -0.25) is 9.59 Å². The van der Waals surface area contributed by atoms with E-state index in [2.05, 4.69) is 9.88 Å². The van der Waals surface area contributed by atoms with Crippen molar-refractivity contribution in [2.75, 3.05) is 10.2 Å². The van der Waals surface area contributed by atoms with Crippen LogP contribution in [0.15, 0.2) is 85.1 Å². The summed E-state index contributed by atoms with van der Waals surface area (Å²) in [7, 11) is 0. The largest absolute Gasteiger partial charge is 0.417 e. The van der Waals surface area contributed by atoms with E-state index in [4.69, 9.17) is 11.6 Å². The van der Waals surface area contributed by atoms with Crippen LogP contribution in [0.2, 0.25) is 5.02 Å². The van der Waals surface area contributed by atoms with Gasteiger partial charge in [0, 0.05) is 29.7 Å². The highest BCUT2D eigenvalue weighted by Crippen LogP contribution is 2.34. The Bertz CT molecular complexity index is 1480. The zero-order valence-corrected chi connectivity index (χ0v) is 19.5. The number of nitrogens with zero attached hydrogens (tertiary/aromatic N) is 2. The minimum Gasteiger partial charge on any atom is -0.345 e. The molecule has 5 rings (SSSR count). The van der Waals surface area contributed by atoms with E-state index >= 15 is 0 Å². The number of hydrogen-bond acceptors (Lipinski definition) is 2. The van der Waals surface area contributed by atoms with Crippen molar-refractivity contribution < 1.29 is 22.8 Å². The number of nitrogens with one attached hydrogen (secondary N) is 1. The lowest BCUT2D eigenvalue weighted by molar-refractivity contribution is -0.137. The molecule has 36 heavy (non-hydrogen) atoms. The minimum atomic E-state index is -4.68. The van der Waals surface area contributed by atoms with Gasteiger partial charge in [0.1, 0.15) is 0 Å². The Morgan fingerprint density at radius 2 is 1.64 bits per heavy atom. The maximum atomic E-state index is 13.6. The van der Waals surface area contributed by atoms with Crippen LogP contribution in [0.4, 0.5) is 24.5 Å². The van der Waals surface area contributed by atoms with E-state index in [-0.39, 0.29) is 22.2 Å². The number of rotatable bonds is 3. The number of anilines is 2. The normalized spacial score (nSPS) is 12.9. The summed E-state index contributed by atoms with van der Waals surface area (Å²) in [5.74, 6) is -1.24. The Hall–Kier alpha value is -4.04. The molecule has 1 N–H and O–H groups in total. The number of para-hydroxylation sites is 1. The molecule has 4 aromatic rings. The molecule has 0 radical (unpaired) electrons. The smallest absolute Gasteiger partial charge is 0.345 e. The summed E-state index contributed by atoms with van der Waals surface area (Å²) in [6.07, 6.45) is -2.72. The van der Waals surface area contributed by atoms with Gasteiger partial charge in [-0.2, -0.15) is 13.2 Å². The van der Waals surface area contributed by atoms with Crippen LogP contribution < -0.4 is 10.2 Å². The SMILES string of the molecule is O=C(Nc1ccc(C(=O)N2Cc3cccn3Cc3ccccc32)cc1Cl)c1ccccc1C(F)(F)F. The molecule has 3 aromatic carbocycles. The van der Waals surface area contributed by atoms with Crippen molar-refractivity contribution >= 4 is 34.8 Å². The first-order valence-corrected chi connectivity index (χ1v) is 11.4. The molecule has 2 heterocycles. The highest BCUT2D eigenvalue weighted by atomic mass is 35.5. The van der Waals surface area contributed by atoms with E-state index in [1.54, 1.807) is 4.90 Å². The summed E-state index contributed by atoms with van der Waals surface area (Å²) < 4.78 is 42.0. The number of hydrogen-bond donors (Lipinski definition) is 1. The molecule has 1 aliphatic heterocycles. The van der Waals surface area contributed by atoms with Crippen LogP contribution >= 0.6 is 11.6 Å². The monoisotopic (exact) mass is 509 g/mol. The van der Waals surface area contributed by atoms with Crippen molar-refractivity contribution in [2.24, 2.45) is 0 Å². The van der Waals surface area contributed by atoms with Crippen LogP contribution in [0.5, 0.6) is 0 Å². The van der Waals surface area contributed by atoms with E-state index in [0.29, 0.717) is 13.1 Å². The number of alkyl halides is 3. The van der Waals surface area contributed by atoms with Crippen molar-refractivity contribution in [3.05, 3.63) is 118 Å². The van der Waals surface area contributed by atoms with Crippen molar-refractivity contribution in [1.82, 2.24) is 4.57 Å². The van der Waals surface area contributed by atoms with E-state index in [1.807, 2.05) is 42.6 Å². The molecular formula is C27H19ClF3N3O2. The lowest BCUT2D eigenvalue weighted by Gasteiger charge is -2.23. The molecule has 5 nitrogen and oxygen atoms in total. The minimum absolute atomic E-state index is 0.0326. The Labute approximate surface area is 209 Å². The Balaban J connectivity index is 1.42. The van der Waals surface area contributed by atoms with Gasteiger partial charge in [-0.15, -0.1) is 0 Å². The second-order valence-electron chi connectivity index (χ2n) is 8.34. The quantitative estimate of drug-likeness (QED) is 0.337. The third-order valence-corrected chi connectivity index (χ3v) is 6.37. The van der Waals surface area contributed by atoms with E-state index < -0.39 is 23.2 Å². The van der Waals surface area contributed by atoms with Gasteiger partial charge < -0.3 is 14.8 Å². The van der Waals surface area contributed by atoms with Gasteiger partial charge in [-0.25, -0.2) is 0 Å². The fourth-order valence-corrected chi connectivity index (χ4v) is 4.52. The van der Waals surface area contributed by atoms with Gasteiger partial charge >= 0.3 is 6.18 Å². The van der Waals surface area contributed by atoms with Crippen LogP contribution in [0, 0.1) is 0 Å². The Morgan fingerprint density at radius 3 is 2.42 bits per heavy atom. The number of carbonyl (C=O) groups excluding carboxylic acids is 2. The number of benzene rings is 3. The highest BCUT2D eigenvalue weighted by Gasteiger charge is 2.35. The van der Waals surface area contributed by atoms with Gasteiger partial charge in [0.25, 0.3) is 11.8 Å². The van der Waals surface area contributed by atoms with Gasteiger partial charge in [0.05, 0.1) is 28.4 Å². The third kappa shape index (κ3) is 4.47. The average Bonchev–Trinajstić information content (AvgIpc) is 3.23. The molecule has 0 saturated heterocycles. The molecule has 0 spiro atoms. The van der Waals surface area contributed by atoms with Crippen molar-refractivity contribution in [2.45, 2.75) is 19.3 Å². The molecule has 0 bridgehead atoms. The molecule has 9 heteroatoms. The van der Waals surface area contributed by atoms with Gasteiger partial charge in [-0.1, -0.05) is 41.9 Å². The molecule has 182 valence electrons. The molecule has 1 aromatic heterocycles. The van der Waals surface area contributed by atoms with Crippen LogP contribution in [0.3, 0.4) is 0 Å². The lowest BCUT2D eigenvalue weighted by atomic mass is 10.1. The van der Waals surface area contributed by atoms with Crippen molar-refractivity contribution in [1.29, 1.82) is 0 Å². The molecule has 0 atom stereocenters. The first-order valence-electron chi connectivity index (χ1n) is 11.0. The fraction of sp³-hybridized carbons (Fsp3) is 0.111. The summed E-state index contributed by atoms with van der Waals surface area (Å²) in [6.45, 7) is 0.987. The summed E-state index contributed by atoms with van der Waals surface area (Å²) in [5, 5.41) is 2.45. The van der Waals surface area contributed by atoms with Crippen LogP contribution in [-0.4, -0.2) is 16.4 Å². The summed E-state index contributed by atoms with van der Waals surface area (Å²) in [5.41, 5.74) is 1.55. The third-order valence-electron chi connectivity index (χ3n) is 6.05. The van der Waals surface area contributed by atoms with Gasteiger partial charge in [0.15, 0.2) is 0 Å². The predicted octanol–water partition coefficient (Wildman–Crippen LogP) is 6.62. The van der Waals surface area contributed by atoms with E-state index in [1.165, 1.54) is 30.3 Å². The highest BCUT2D eigenvalue weighted by molar-refractivity contribution is 6.34.